The summed E-state index contributed by atoms with van der Waals surface area (Å²) < 4.78 is 0. The highest BCUT2D eigenvalue weighted by atomic mass is 16.1. The van der Waals surface area contributed by atoms with Gasteiger partial charge in [0.1, 0.15) is 0 Å². The van der Waals surface area contributed by atoms with Gasteiger partial charge in [-0.3, -0.25) is 4.79 Å². The van der Waals surface area contributed by atoms with Crippen molar-refractivity contribution in [2.24, 2.45) is 0 Å². The van der Waals surface area contributed by atoms with Crippen LogP contribution >= 0.6 is 0 Å². The molecule has 1 rings (SSSR count). The molecule has 1 aromatic rings. The fraction of sp³-hybridized carbons (Fsp3) is 0.533. The van der Waals surface area contributed by atoms with Gasteiger partial charge in [-0.15, -0.1) is 0 Å². The highest BCUT2D eigenvalue weighted by Crippen LogP contribution is 2.22. The van der Waals surface area contributed by atoms with E-state index in [1.165, 1.54) is 16.7 Å². The molecule has 0 heterocycles. The summed E-state index contributed by atoms with van der Waals surface area (Å²) in [5.41, 5.74) is 5.00. The number of carbonyl (C=O) groups is 1. The molecule has 0 unspecified atom stereocenters. The molecule has 0 aliphatic rings. The van der Waals surface area contributed by atoms with Crippen molar-refractivity contribution in [3.8, 4) is 0 Å². The molecule has 0 N–H and O–H groups in total. The molecule has 0 fully saturated rings. The van der Waals surface area contributed by atoms with Crippen LogP contribution in [0.4, 0.5) is 0 Å². The zero-order chi connectivity index (χ0) is 12.1. The molecule has 1 aromatic carbocycles. The summed E-state index contributed by atoms with van der Waals surface area (Å²) in [5, 5.41) is 0. The molecular formula is C15H22O. The van der Waals surface area contributed by atoms with E-state index in [9.17, 15) is 4.79 Å². The van der Waals surface area contributed by atoms with Gasteiger partial charge in [-0.05, 0) is 36.0 Å². The lowest BCUT2D eigenvalue weighted by atomic mass is 9.89. The van der Waals surface area contributed by atoms with Gasteiger partial charge >= 0.3 is 0 Å². The average molecular weight is 218 g/mol. The van der Waals surface area contributed by atoms with E-state index in [2.05, 4.69) is 26.8 Å². The maximum Gasteiger partial charge on any atom is 0.162 e. The smallest absolute Gasteiger partial charge is 0.162 e. The predicted octanol–water partition coefficient (Wildman–Crippen LogP) is 3.97. The van der Waals surface area contributed by atoms with Gasteiger partial charge in [0, 0.05) is 12.0 Å². The highest BCUT2D eigenvalue weighted by Gasteiger charge is 2.13. The van der Waals surface area contributed by atoms with Crippen LogP contribution < -0.4 is 0 Å². The third-order valence-electron chi connectivity index (χ3n) is 3.24. The van der Waals surface area contributed by atoms with Crippen molar-refractivity contribution in [2.75, 3.05) is 0 Å². The van der Waals surface area contributed by atoms with Crippen molar-refractivity contribution >= 4 is 5.78 Å². The first-order valence-electron chi connectivity index (χ1n) is 6.36. The molecule has 1 nitrogen and oxygen atoms in total. The monoisotopic (exact) mass is 218 g/mol. The first-order valence-corrected chi connectivity index (χ1v) is 6.36. The molecule has 16 heavy (non-hydrogen) atoms. The van der Waals surface area contributed by atoms with E-state index >= 15 is 0 Å². The van der Waals surface area contributed by atoms with Crippen LogP contribution in [0.15, 0.2) is 12.1 Å². The Bertz CT molecular complexity index is 377. The van der Waals surface area contributed by atoms with Crippen LogP contribution in [0.1, 0.15) is 61.2 Å². The van der Waals surface area contributed by atoms with E-state index in [1.54, 1.807) is 0 Å². The predicted molar refractivity (Wildman–Crippen MR) is 69.2 cm³/mol. The summed E-state index contributed by atoms with van der Waals surface area (Å²) in [7, 11) is 0. The number of aryl methyl sites for hydroxylation is 1. The Balaban J connectivity index is 3.37. The minimum absolute atomic E-state index is 0.272. The van der Waals surface area contributed by atoms with Crippen LogP contribution in [0.5, 0.6) is 0 Å². The van der Waals surface area contributed by atoms with Crippen LogP contribution in [0.2, 0.25) is 0 Å². The van der Waals surface area contributed by atoms with Crippen molar-refractivity contribution in [3.05, 3.63) is 34.4 Å². The Morgan fingerprint density at radius 1 is 0.938 bits per heavy atom. The fourth-order valence-corrected chi connectivity index (χ4v) is 2.37. The third kappa shape index (κ3) is 2.34. The summed E-state index contributed by atoms with van der Waals surface area (Å²) >= 11 is 0. The Kier molecular flexibility index (Phi) is 4.72. The molecule has 0 spiro atoms. The first-order chi connectivity index (χ1) is 7.69. The van der Waals surface area contributed by atoms with Crippen LogP contribution in [0.3, 0.4) is 0 Å². The highest BCUT2D eigenvalue weighted by molar-refractivity contribution is 5.97. The van der Waals surface area contributed by atoms with E-state index in [4.69, 9.17) is 0 Å². The second-order valence-corrected chi connectivity index (χ2v) is 4.07. The van der Waals surface area contributed by atoms with E-state index in [1.807, 2.05) is 13.0 Å². The van der Waals surface area contributed by atoms with Gasteiger partial charge in [-0.2, -0.15) is 0 Å². The molecule has 0 radical (unpaired) electrons. The van der Waals surface area contributed by atoms with E-state index in [0.29, 0.717) is 6.42 Å². The quantitative estimate of drug-likeness (QED) is 0.683. The summed E-state index contributed by atoms with van der Waals surface area (Å²) in [6.07, 6.45) is 3.63. The number of ketones is 1. The number of carbonyl (C=O) groups excluding carboxylic acids is 1. The first kappa shape index (κ1) is 13.0. The van der Waals surface area contributed by atoms with Gasteiger partial charge in [0.25, 0.3) is 0 Å². The summed E-state index contributed by atoms with van der Waals surface area (Å²) in [4.78, 5) is 11.9. The second kappa shape index (κ2) is 5.83. The number of benzene rings is 1. The second-order valence-electron chi connectivity index (χ2n) is 4.07. The van der Waals surface area contributed by atoms with Crippen molar-refractivity contribution in [2.45, 2.75) is 53.4 Å². The minimum Gasteiger partial charge on any atom is -0.294 e. The Morgan fingerprint density at radius 3 is 2.00 bits per heavy atom. The van der Waals surface area contributed by atoms with Crippen LogP contribution in [-0.4, -0.2) is 5.78 Å². The molecule has 88 valence electrons. The summed E-state index contributed by atoms with van der Waals surface area (Å²) in [6, 6.07) is 4.14. The number of Topliss-reactive ketones (excluding diaryl/α,β-unsaturated/α-hetero) is 1. The molecule has 1 heteroatoms. The molecular weight excluding hydrogens is 196 g/mol. The summed E-state index contributed by atoms with van der Waals surface area (Å²) in [6.45, 7) is 8.42. The van der Waals surface area contributed by atoms with Crippen molar-refractivity contribution in [1.82, 2.24) is 0 Å². The Hall–Kier alpha value is -1.11. The number of hydrogen-bond donors (Lipinski definition) is 0. The van der Waals surface area contributed by atoms with Gasteiger partial charge in [-0.25, -0.2) is 0 Å². The third-order valence-corrected chi connectivity index (χ3v) is 3.24. The molecule has 0 bridgehead atoms. The maximum atomic E-state index is 11.9. The number of hydrogen-bond acceptors (Lipinski definition) is 1. The molecule has 0 aromatic heterocycles. The topological polar surface area (TPSA) is 17.1 Å². The van der Waals surface area contributed by atoms with Gasteiger partial charge in [0.2, 0.25) is 0 Å². The van der Waals surface area contributed by atoms with Crippen LogP contribution in [-0.2, 0) is 19.3 Å². The molecule has 0 aliphatic carbocycles. The molecule has 0 amide bonds. The Morgan fingerprint density at radius 2 is 1.56 bits per heavy atom. The molecule has 0 saturated carbocycles. The largest absolute Gasteiger partial charge is 0.294 e. The normalized spacial score (nSPS) is 10.5. The van der Waals surface area contributed by atoms with Gasteiger partial charge in [0.15, 0.2) is 5.78 Å². The lowest BCUT2D eigenvalue weighted by Gasteiger charge is -2.15. The lowest BCUT2D eigenvalue weighted by Crippen LogP contribution is -2.07. The zero-order valence-electron chi connectivity index (χ0n) is 10.9. The Labute approximate surface area is 98.9 Å². The SMILES string of the molecule is CCC(=O)c1ccc(CC)c(CC)c1CC. The van der Waals surface area contributed by atoms with Gasteiger partial charge in [0.05, 0.1) is 0 Å². The zero-order valence-corrected chi connectivity index (χ0v) is 10.9. The fourth-order valence-electron chi connectivity index (χ4n) is 2.37. The van der Waals surface area contributed by atoms with Crippen molar-refractivity contribution in [3.63, 3.8) is 0 Å². The van der Waals surface area contributed by atoms with Crippen molar-refractivity contribution in [1.29, 1.82) is 0 Å². The lowest BCUT2D eigenvalue weighted by molar-refractivity contribution is 0.0987. The van der Waals surface area contributed by atoms with Gasteiger partial charge in [-0.1, -0.05) is 39.8 Å². The average Bonchev–Trinajstić information content (AvgIpc) is 2.35. The van der Waals surface area contributed by atoms with Crippen LogP contribution in [0.25, 0.3) is 0 Å². The maximum absolute atomic E-state index is 11.9. The van der Waals surface area contributed by atoms with E-state index in [-0.39, 0.29) is 5.78 Å². The van der Waals surface area contributed by atoms with E-state index < -0.39 is 0 Å². The molecule has 0 atom stereocenters. The van der Waals surface area contributed by atoms with Crippen molar-refractivity contribution < 1.29 is 4.79 Å². The summed E-state index contributed by atoms with van der Waals surface area (Å²) in [5.74, 6) is 0.272. The minimum atomic E-state index is 0.272. The van der Waals surface area contributed by atoms with Gasteiger partial charge < -0.3 is 0 Å². The van der Waals surface area contributed by atoms with E-state index in [0.717, 1.165) is 24.8 Å². The molecule has 0 saturated heterocycles. The number of rotatable bonds is 5. The molecule has 0 aliphatic heterocycles. The standard InChI is InChI=1S/C15H22O/c1-5-11-9-10-14(15(16)8-4)13(7-3)12(11)6-2/h9-10H,5-8H2,1-4H3. The van der Waals surface area contributed by atoms with Crippen LogP contribution in [0, 0.1) is 0 Å².